The highest BCUT2D eigenvalue weighted by atomic mass is 16.5. The molecule has 128 valence electrons. The van der Waals surface area contributed by atoms with Gasteiger partial charge in [0.05, 0.1) is 7.11 Å². The first kappa shape index (κ1) is 17.7. The first-order valence-corrected chi connectivity index (χ1v) is 8.03. The fourth-order valence-electron chi connectivity index (χ4n) is 2.16. The third-order valence-electron chi connectivity index (χ3n) is 3.43. The van der Waals surface area contributed by atoms with Crippen molar-refractivity contribution in [3.63, 3.8) is 0 Å². The van der Waals surface area contributed by atoms with Gasteiger partial charge in [0.1, 0.15) is 23.1 Å². The van der Waals surface area contributed by atoms with Crippen molar-refractivity contribution in [3.8, 4) is 5.75 Å². The van der Waals surface area contributed by atoms with Gasteiger partial charge in [-0.1, -0.05) is 19.9 Å². The first-order valence-electron chi connectivity index (χ1n) is 8.03. The van der Waals surface area contributed by atoms with Crippen LogP contribution in [0.4, 0.5) is 11.5 Å². The van der Waals surface area contributed by atoms with Crippen molar-refractivity contribution >= 4 is 17.4 Å². The lowest BCUT2D eigenvalue weighted by molar-refractivity contribution is 0.102. The van der Waals surface area contributed by atoms with Gasteiger partial charge in [-0.3, -0.25) is 4.79 Å². The third-order valence-corrected chi connectivity index (χ3v) is 3.43. The van der Waals surface area contributed by atoms with Crippen molar-refractivity contribution in [2.24, 2.45) is 5.92 Å². The summed E-state index contributed by atoms with van der Waals surface area (Å²) in [7, 11) is 1.59. The molecule has 2 aromatic rings. The lowest BCUT2D eigenvalue weighted by atomic mass is 10.1. The Kier molecular flexibility index (Phi) is 6.12. The fourth-order valence-corrected chi connectivity index (χ4v) is 2.16. The number of amides is 1. The summed E-state index contributed by atoms with van der Waals surface area (Å²) in [5, 5.41) is 6.07. The molecule has 6 heteroatoms. The molecule has 0 saturated carbocycles. The van der Waals surface area contributed by atoms with Crippen molar-refractivity contribution < 1.29 is 9.53 Å². The van der Waals surface area contributed by atoms with Crippen molar-refractivity contribution in [2.75, 3.05) is 24.3 Å². The van der Waals surface area contributed by atoms with Crippen LogP contribution in [0.2, 0.25) is 0 Å². The largest absolute Gasteiger partial charge is 0.497 e. The quantitative estimate of drug-likeness (QED) is 0.813. The van der Waals surface area contributed by atoms with Crippen LogP contribution in [0.3, 0.4) is 0 Å². The Bertz CT molecular complexity index is 701. The number of aromatic nitrogens is 2. The smallest absolute Gasteiger partial charge is 0.274 e. The maximum atomic E-state index is 12.4. The highest BCUT2D eigenvalue weighted by molar-refractivity contribution is 6.03. The maximum Gasteiger partial charge on any atom is 0.274 e. The Morgan fingerprint density at radius 1 is 1.25 bits per heavy atom. The number of nitrogens with one attached hydrogen (secondary N) is 2. The van der Waals surface area contributed by atoms with E-state index in [0.29, 0.717) is 34.7 Å². The number of anilines is 2. The number of carbonyl (C=O) groups excluding carboxylic acids is 1. The summed E-state index contributed by atoms with van der Waals surface area (Å²) in [4.78, 5) is 21.0. The predicted octanol–water partition coefficient (Wildman–Crippen LogP) is 3.50. The number of hydrogen-bond acceptors (Lipinski definition) is 5. The van der Waals surface area contributed by atoms with Crippen molar-refractivity contribution in [2.45, 2.75) is 27.2 Å². The Hall–Kier alpha value is -2.63. The fraction of sp³-hybridized carbons (Fsp3) is 0.389. The zero-order chi connectivity index (χ0) is 17.5. The topological polar surface area (TPSA) is 76.1 Å². The van der Waals surface area contributed by atoms with Gasteiger partial charge in [0.2, 0.25) is 0 Å². The number of rotatable bonds is 7. The molecule has 2 N–H and O–H groups in total. The van der Waals surface area contributed by atoms with E-state index in [1.807, 2.05) is 12.1 Å². The van der Waals surface area contributed by atoms with E-state index >= 15 is 0 Å². The normalized spacial score (nSPS) is 10.5. The van der Waals surface area contributed by atoms with Crippen LogP contribution < -0.4 is 15.4 Å². The molecule has 0 spiro atoms. The molecule has 0 aliphatic heterocycles. The van der Waals surface area contributed by atoms with Gasteiger partial charge in [-0.05, 0) is 31.4 Å². The summed E-state index contributed by atoms with van der Waals surface area (Å²) in [6, 6.07) is 8.87. The first-order chi connectivity index (χ1) is 11.5. The van der Waals surface area contributed by atoms with E-state index in [0.717, 1.165) is 13.0 Å². The molecular formula is C18H24N4O2. The van der Waals surface area contributed by atoms with Crippen LogP contribution in [0.5, 0.6) is 5.75 Å². The van der Waals surface area contributed by atoms with Gasteiger partial charge in [0.25, 0.3) is 5.91 Å². The summed E-state index contributed by atoms with van der Waals surface area (Å²) in [6.45, 7) is 6.92. The van der Waals surface area contributed by atoms with Crippen molar-refractivity contribution in [3.05, 3.63) is 41.9 Å². The number of methoxy groups -OCH3 is 1. The van der Waals surface area contributed by atoms with Crippen molar-refractivity contribution in [1.29, 1.82) is 0 Å². The molecule has 0 saturated heterocycles. The number of ether oxygens (including phenoxy) is 1. The second-order valence-corrected chi connectivity index (χ2v) is 5.98. The lowest BCUT2D eigenvalue weighted by Crippen LogP contribution is -2.16. The third kappa shape index (κ3) is 5.22. The van der Waals surface area contributed by atoms with Gasteiger partial charge in [0.15, 0.2) is 0 Å². The Labute approximate surface area is 142 Å². The molecule has 0 unspecified atom stereocenters. The highest BCUT2D eigenvalue weighted by Gasteiger charge is 2.11. The second kappa shape index (κ2) is 8.29. The van der Waals surface area contributed by atoms with E-state index in [1.165, 1.54) is 0 Å². The van der Waals surface area contributed by atoms with Gasteiger partial charge in [0, 0.05) is 24.4 Å². The Morgan fingerprint density at radius 3 is 2.75 bits per heavy atom. The van der Waals surface area contributed by atoms with Gasteiger partial charge >= 0.3 is 0 Å². The standard InChI is InChI=1S/C18H24N4O2/c1-12(2)8-9-19-17-11-16(20-13(3)21-17)18(23)22-14-6-5-7-15(10-14)24-4/h5-7,10-12H,8-9H2,1-4H3,(H,22,23)(H,19,20,21). The SMILES string of the molecule is COc1cccc(NC(=O)c2cc(NCCC(C)C)nc(C)n2)c1. The predicted molar refractivity (Wildman–Crippen MR) is 95.7 cm³/mol. The molecule has 1 aromatic heterocycles. The van der Waals surface area contributed by atoms with Crippen LogP contribution in [0.15, 0.2) is 30.3 Å². The van der Waals surface area contributed by atoms with Gasteiger partial charge < -0.3 is 15.4 Å². The maximum absolute atomic E-state index is 12.4. The molecule has 0 fully saturated rings. The van der Waals surface area contributed by atoms with Crippen LogP contribution in [-0.4, -0.2) is 29.5 Å². The van der Waals surface area contributed by atoms with Crippen LogP contribution >= 0.6 is 0 Å². The molecule has 2 rings (SSSR count). The number of nitrogens with zero attached hydrogens (tertiary/aromatic N) is 2. The summed E-state index contributed by atoms with van der Waals surface area (Å²) < 4.78 is 5.16. The average molecular weight is 328 g/mol. The Morgan fingerprint density at radius 2 is 2.04 bits per heavy atom. The van der Waals surface area contributed by atoms with Gasteiger partial charge in [-0.2, -0.15) is 0 Å². The zero-order valence-corrected chi connectivity index (χ0v) is 14.6. The molecule has 1 amide bonds. The molecule has 1 heterocycles. The minimum atomic E-state index is -0.277. The van der Waals surface area contributed by atoms with E-state index in [4.69, 9.17) is 4.74 Å². The molecule has 0 atom stereocenters. The molecule has 6 nitrogen and oxygen atoms in total. The summed E-state index contributed by atoms with van der Waals surface area (Å²) in [5.41, 5.74) is 0.988. The molecule has 0 aliphatic carbocycles. The van der Waals surface area contributed by atoms with E-state index < -0.39 is 0 Å². The van der Waals surface area contributed by atoms with Crippen LogP contribution in [0.25, 0.3) is 0 Å². The molecule has 0 bridgehead atoms. The van der Waals surface area contributed by atoms with Gasteiger partial charge in [-0.25, -0.2) is 9.97 Å². The minimum absolute atomic E-state index is 0.277. The molecular weight excluding hydrogens is 304 g/mol. The zero-order valence-electron chi connectivity index (χ0n) is 14.6. The number of hydrogen-bond donors (Lipinski definition) is 2. The summed E-state index contributed by atoms with van der Waals surface area (Å²) in [6.07, 6.45) is 1.04. The van der Waals surface area contributed by atoms with Crippen LogP contribution in [0, 0.1) is 12.8 Å². The molecule has 1 aromatic carbocycles. The lowest BCUT2D eigenvalue weighted by Gasteiger charge is -2.10. The molecule has 0 aliphatic rings. The average Bonchev–Trinajstić information content (AvgIpc) is 2.54. The summed E-state index contributed by atoms with van der Waals surface area (Å²) in [5.74, 6) is 2.24. The number of carbonyl (C=O) groups is 1. The van der Waals surface area contributed by atoms with E-state index in [2.05, 4.69) is 34.4 Å². The number of aryl methyl sites for hydroxylation is 1. The highest BCUT2D eigenvalue weighted by Crippen LogP contribution is 2.18. The monoisotopic (exact) mass is 328 g/mol. The number of benzene rings is 1. The second-order valence-electron chi connectivity index (χ2n) is 5.98. The Balaban J connectivity index is 2.09. The van der Waals surface area contributed by atoms with E-state index in [9.17, 15) is 4.79 Å². The van der Waals surface area contributed by atoms with E-state index in [-0.39, 0.29) is 5.91 Å². The minimum Gasteiger partial charge on any atom is -0.497 e. The van der Waals surface area contributed by atoms with Gasteiger partial charge in [-0.15, -0.1) is 0 Å². The van der Waals surface area contributed by atoms with Crippen LogP contribution in [0.1, 0.15) is 36.6 Å². The molecule has 24 heavy (non-hydrogen) atoms. The van der Waals surface area contributed by atoms with E-state index in [1.54, 1.807) is 32.2 Å². The molecule has 0 radical (unpaired) electrons. The van der Waals surface area contributed by atoms with Crippen molar-refractivity contribution in [1.82, 2.24) is 9.97 Å². The summed E-state index contributed by atoms with van der Waals surface area (Å²) >= 11 is 0. The van der Waals surface area contributed by atoms with Crippen LogP contribution in [-0.2, 0) is 0 Å².